The molecule has 0 spiro atoms. The van der Waals surface area contributed by atoms with Crippen LogP contribution < -0.4 is 47.9 Å². The highest BCUT2D eigenvalue weighted by atomic mass is 16.7. The summed E-state index contributed by atoms with van der Waals surface area (Å²) in [5, 5.41) is 24.6. The van der Waals surface area contributed by atoms with E-state index < -0.39 is 189 Å². The first-order chi connectivity index (χ1) is 59.3. The maximum Gasteiger partial charge on any atom is 0.303 e. The molecule has 0 radical (unpaired) electrons. The second kappa shape index (κ2) is 60.7. The lowest BCUT2D eigenvalue weighted by Crippen LogP contribution is -2.66. The molecule has 45 nitrogen and oxygen atoms in total. The Morgan fingerprint density at radius 1 is 0.264 bits per heavy atom. The molecule has 0 aromatic heterocycles. The van der Waals surface area contributed by atoms with Crippen molar-refractivity contribution in [2.24, 2.45) is 5.41 Å². The molecule has 15 atom stereocenters. The van der Waals surface area contributed by atoms with E-state index in [0.29, 0.717) is 57.8 Å². The van der Waals surface area contributed by atoms with Crippen LogP contribution in [0.4, 0.5) is 0 Å². The summed E-state index contributed by atoms with van der Waals surface area (Å²) in [7, 11) is 0. The second-order valence-electron chi connectivity index (χ2n) is 30.0. The molecule has 6 unspecified atom stereocenters. The Morgan fingerprint density at radius 2 is 0.480 bits per heavy atom. The van der Waals surface area contributed by atoms with Gasteiger partial charge in [0, 0.05) is 186 Å². The fourth-order valence-corrected chi connectivity index (χ4v) is 12.8. The fraction of sp³-hybridized carbons (Fsp3) is 0.775. The SMILES string of the molecule is CC(=O)N[C@H]1C(OC(C)=O)[C@H](OC(C)=O)C(COC(C)=O)O[C@H]1OCCCCC(=O)NCCCNC(=O)CCOCC(C)(COCCC(=O)NCCCNC(=O)CCCCO[C@@H]1OC(COC(C)=O)[C@@H](OC(C)=O)C(OC(C)=O)[C@@H]1NC(C)=O)COCCC(=O)NCCCNC(=O)CCCCO[C@@H]1OC(COC(C)=O)[C@@H](OC(C)=O)C(OC(C)=O)[C@@H]1NC(C)=O. The molecule has 45 heteroatoms. The van der Waals surface area contributed by atoms with Crippen LogP contribution in [0.3, 0.4) is 0 Å². The third-order valence-electron chi connectivity index (χ3n) is 18.2. The van der Waals surface area contributed by atoms with Gasteiger partial charge in [-0.1, -0.05) is 6.92 Å². The summed E-state index contributed by atoms with van der Waals surface area (Å²) in [6, 6.07) is -3.45. The van der Waals surface area contributed by atoms with Crippen LogP contribution in [-0.4, -0.2) is 317 Å². The van der Waals surface area contributed by atoms with Crippen LogP contribution in [0.15, 0.2) is 0 Å². The summed E-state index contributed by atoms with van der Waals surface area (Å²) in [6.07, 6.45) is -11.5. The number of carbonyl (C=O) groups is 18. The van der Waals surface area contributed by atoms with E-state index in [4.69, 9.17) is 85.3 Å². The number of carbonyl (C=O) groups excluding carboxylic acids is 18. The molecule has 125 heavy (non-hydrogen) atoms. The van der Waals surface area contributed by atoms with Crippen molar-refractivity contribution in [1.29, 1.82) is 0 Å². The van der Waals surface area contributed by atoms with Crippen molar-refractivity contribution in [3.8, 4) is 0 Å². The molecular formula is C80H129N9O36. The van der Waals surface area contributed by atoms with Crippen LogP contribution in [0.1, 0.15) is 186 Å². The predicted octanol–water partition coefficient (Wildman–Crippen LogP) is -1.39. The lowest BCUT2D eigenvalue weighted by atomic mass is 9.94. The van der Waals surface area contributed by atoms with E-state index in [-0.39, 0.29) is 173 Å². The van der Waals surface area contributed by atoms with Crippen molar-refractivity contribution in [3.63, 3.8) is 0 Å². The standard InChI is InChI=1S/C80H129N9O36/c1-47(90)87-68-74(120-56(10)99)71(117-53(7)96)59(41-114-50(4)93)123-77(68)111-35-17-14-23-62(102)81-29-20-32-84-65(105)26-38-108-44-80(13,45-109-39-27-66(106)85-33-21-30-82-63(103)24-15-18-36-112-78-69(88-48(2)91)75(121-57(11)100)72(118-54(8)97)60(124-78)42-115-51(5)94)46-110-40-28-67(107)86-34-22-31-83-64(104)25-16-19-37-113-79-70(89-49(3)92)76(122-58(12)101)73(119-55(9)98)61(125-79)43-116-52(6)95/h59-61,68-79H,14-46H2,1-13H3,(H,81,102)(H,82,103)(H,83,104)(H,84,105)(H,85,106)(H,86,107)(H,87,90)(H,88,91)(H,89,92)/t59?,60?,61?,68-,69-,70-,71+,72+,73+,74?,75?,76?,77+,78+,79+,80?/m0/s1. The zero-order valence-electron chi connectivity index (χ0n) is 73.7. The average Bonchev–Trinajstić information content (AvgIpc) is 0.797. The van der Waals surface area contributed by atoms with Gasteiger partial charge in [-0.3, -0.25) is 86.3 Å². The van der Waals surface area contributed by atoms with Gasteiger partial charge in [-0.25, -0.2) is 0 Å². The van der Waals surface area contributed by atoms with Gasteiger partial charge in [0.1, 0.15) is 56.3 Å². The fourth-order valence-electron chi connectivity index (χ4n) is 12.8. The van der Waals surface area contributed by atoms with Crippen molar-refractivity contribution in [1.82, 2.24) is 47.9 Å². The summed E-state index contributed by atoms with van der Waals surface area (Å²) in [4.78, 5) is 222. The van der Waals surface area contributed by atoms with Crippen LogP contribution in [0, 0.1) is 5.41 Å². The van der Waals surface area contributed by atoms with Crippen molar-refractivity contribution in [3.05, 3.63) is 0 Å². The second-order valence-corrected chi connectivity index (χ2v) is 30.0. The molecule has 0 aromatic rings. The van der Waals surface area contributed by atoms with Gasteiger partial charge in [0.25, 0.3) is 0 Å². The van der Waals surface area contributed by atoms with E-state index in [1.165, 1.54) is 20.8 Å². The van der Waals surface area contributed by atoms with Crippen LogP contribution >= 0.6 is 0 Å². The average molecular weight is 1790 g/mol. The Labute approximate surface area is 725 Å². The largest absolute Gasteiger partial charge is 0.463 e. The van der Waals surface area contributed by atoms with E-state index in [0.717, 1.165) is 62.3 Å². The molecule has 3 saturated heterocycles. The maximum atomic E-state index is 12.9. The molecule has 0 aromatic carbocycles. The summed E-state index contributed by atoms with van der Waals surface area (Å²) in [5.41, 5.74) is -0.855. The topological polar surface area (TPSA) is 582 Å². The first kappa shape index (κ1) is 109. The van der Waals surface area contributed by atoms with E-state index in [1.807, 2.05) is 0 Å². The molecule has 3 fully saturated rings. The molecular weight excluding hydrogens is 1660 g/mol. The molecule has 0 bridgehead atoms. The van der Waals surface area contributed by atoms with Gasteiger partial charge in [0.05, 0.1) is 39.6 Å². The lowest BCUT2D eigenvalue weighted by Gasteiger charge is -2.44. The van der Waals surface area contributed by atoms with Crippen molar-refractivity contribution in [2.75, 3.05) is 119 Å². The van der Waals surface area contributed by atoms with E-state index >= 15 is 0 Å². The van der Waals surface area contributed by atoms with Gasteiger partial charge in [-0.05, 0) is 57.8 Å². The highest BCUT2D eigenvalue weighted by Crippen LogP contribution is 2.32. The molecule has 0 saturated carbocycles. The zero-order valence-corrected chi connectivity index (χ0v) is 73.7. The van der Waals surface area contributed by atoms with Crippen LogP contribution in [0.5, 0.6) is 0 Å². The van der Waals surface area contributed by atoms with Crippen molar-refractivity contribution < 1.29 is 172 Å². The molecule has 3 aliphatic heterocycles. The summed E-state index contributed by atoms with van der Waals surface area (Å²) in [5.74, 6) is -9.96. The number of amides is 9. The molecule has 710 valence electrons. The molecule has 9 amide bonds. The van der Waals surface area contributed by atoms with Crippen LogP contribution in [0.2, 0.25) is 0 Å². The van der Waals surface area contributed by atoms with Crippen molar-refractivity contribution >= 4 is 107 Å². The minimum Gasteiger partial charge on any atom is -0.463 e. The summed E-state index contributed by atoms with van der Waals surface area (Å²) < 4.78 is 102. The molecule has 9 N–H and O–H groups in total. The molecule has 0 aliphatic carbocycles. The predicted molar refractivity (Wildman–Crippen MR) is 428 cm³/mol. The first-order valence-electron chi connectivity index (χ1n) is 41.7. The van der Waals surface area contributed by atoms with Crippen LogP contribution in [0.25, 0.3) is 0 Å². The molecule has 3 rings (SSSR count). The number of unbranched alkanes of at least 4 members (excludes halogenated alkanes) is 3. The van der Waals surface area contributed by atoms with Gasteiger partial charge in [-0.2, -0.15) is 0 Å². The Bertz CT molecular complexity index is 3140. The Morgan fingerprint density at radius 3 is 0.688 bits per heavy atom. The van der Waals surface area contributed by atoms with Gasteiger partial charge in [0.15, 0.2) is 55.5 Å². The van der Waals surface area contributed by atoms with Gasteiger partial charge in [0.2, 0.25) is 53.2 Å². The number of nitrogens with one attached hydrogen (secondary N) is 9. The highest BCUT2D eigenvalue weighted by Gasteiger charge is 2.54. The minimum absolute atomic E-state index is 0.00850. The Balaban J connectivity index is 1.48. The van der Waals surface area contributed by atoms with E-state index in [2.05, 4.69) is 47.9 Å². The molecule has 3 aliphatic rings. The first-order valence-corrected chi connectivity index (χ1v) is 41.7. The third kappa shape index (κ3) is 47.9. The minimum atomic E-state index is -1.29. The van der Waals surface area contributed by atoms with Gasteiger partial charge < -0.3 is 133 Å². The summed E-state index contributed by atoms with van der Waals surface area (Å²) >= 11 is 0. The number of esters is 9. The number of hydrogen-bond donors (Lipinski definition) is 9. The van der Waals surface area contributed by atoms with Gasteiger partial charge in [-0.15, -0.1) is 0 Å². The normalized spacial score (nSPS) is 22.4. The number of ether oxygens (including phenoxy) is 18. The lowest BCUT2D eigenvalue weighted by molar-refractivity contribution is -0.277. The highest BCUT2D eigenvalue weighted by molar-refractivity contribution is 5.79. The van der Waals surface area contributed by atoms with Gasteiger partial charge >= 0.3 is 53.7 Å². The zero-order chi connectivity index (χ0) is 93.0. The Hall–Kier alpha value is -9.90. The maximum absolute atomic E-state index is 12.9. The van der Waals surface area contributed by atoms with Crippen LogP contribution in [-0.2, 0) is 172 Å². The number of rotatable bonds is 60. The van der Waals surface area contributed by atoms with E-state index in [1.54, 1.807) is 6.92 Å². The quantitative estimate of drug-likeness (QED) is 0.0192. The monoisotopic (exact) mass is 1790 g/mol. The Kier molecular flexibility index (Phi) is 53.0. The van der Waals surface area contributed by atoms with E-state index in [9.17, 15) is 86.3 Å². The summed E-state index contributed by atoms with van der Waals surface area (Å²) in [6.45, 7) is 16.0. The molecule has 3 heterocycles. The third-order valence-corrected chi connectivity index (χ3v) is 18.2. The number of hydrogen-bond acceptors (Lipinski definition) is 36. The van der Waals surface area contributed by atoms with Crippen molar-refractivity contribution in [2.45, 2.75) is 278 Å². The smallest absolute Gasteiger partial charge is 0.303 e.